The molecule has 0 unspecified atom stereocenters. The molecule has 0 bridgehead atoms. The van der Waals surface area contributed by atoms with E-state index in [-0.39, 0.29) is 0 Å². The lowest BCUT2D eigenvalue weighted by Crippen LogP contribution is -2.29. The second-order valence-corrected chi connectivity index (χ2v) is 7.70. The molecule has 0 aliphatic carbocycles. The molecule has 3 aromatic rings. The van der Waals surface area contributed by atoms with Crippen LogP contribution in [0.2, 0.25) is 0 Å². The summed E-state index contributed by atoms with van der Waals surface area (Å²) in [7, 11) is 2.19. The van der Waals surface area contributed by atoms with Crippen LogP contribution in [0, 0.1) is 18.3 Å². The molecule has 1 fully saturated rings. The molecule has 1 aliphatic rings. The Hall–Kier alpha value is -3.10. The Labute approximate surface area is 172 Å². The predicted octanol–water partition coefficient (Wildman–Crippen LogP) is 4.14. The third-order valence-electron chi connectivity index (χ3n) is 5.43. The topological polar surface area (TPSA) is 52.4 Å². The number of likely N-dealkylation sites (N-methyl/N-ethyl adjacent to an activating group) is 1. The molecule has 0 radical (unpaired) electrons. The van der Waals surface area contributed by atoms with Crippen molar-refractivity contribution in [2.24, 2.45) is 0 Å². The van der Waals surface area contributed by atoms with Gasteiger partial charge in [0.25, 0.3) is 0 Å². The van der Waals surface area contributed by atoms with Crippen LogP contribution in [0.15, 0.2) is 48.5 Å². The number of aromatic nitrogens is 1. The van der Waals surface area contributed by atoms with E-state index in [1.807, 2.05) is 12.1 Å². The second kappa shape index (κ2) is 8.50. The quantitative estimate of drug-likeness (QED) is 0.675. The first-order chi connectivity index (χ1) is 14.1. The minimum Gasteiger partial charge on any atom is -0.489 e. The lowest BCUT2D eigenvalue weighted by atomic mass is 10.1. The van der Waals surface area contributed by atoms with E-state index >= 15 is 0 Å². The van der Waals surface area contributed by atoms with Crippen LogP contribution in [0.5, 0.6) is 5.75 Å². The summed E-state index contributed by atoms with van der Waals surface area (Å²) in [6.45, 7) is 6.88. The van der Waals surface area contributed by atoms with Crippen LogP contribution in [-0.2, 0) is 6.61 Å². The number of hydrogen-bond acceptors (Lipinski definition) is 5. The molecule has 148 valence electrons. The number of rotatable bonds is 4. The first-order valence-electron chi connectivity index (χ1n) is 10.1. The standard InChI is InChI=1S/C24H26N4O/c1-18-14-24(28-11-3-10-27(2)12-13-28)22-9-6-20(15-23(22)26-18)17-29-21-7-4-19(16-25)5-8-21/h4-9,14-15H,3,10-13,17H2,1-2H3. The third kappa shape index (κ3) is 4.49. The Morgan fingerprint density at radius 1 is 1.03 bits per heavy atom. The largest absolute Gasteiger partial charge is 0.489 e. The van der Waals surface area contributed by atoms with Gasteiger partial charge in [-0.25, -0.2) is 0 Å². The van der Waals surface area contributed by atoms with Crippen LogP contribution in [0.3, 0.4) is 0 Å². The average molecular weight is 386 g/mol. The summed E-state index contributed by atoms with van der Waals surface area (Å²) in [6, 6.07) is 17.9. The molecule has 1 saturated heterocycles. The smallest absolute Gasteiger partial charge is 0.119 e. The molecule has 0 amide bonds. The molecule has 4 rings (SSSR count). The minimum absolute atomic E-state index is 0.474. The summed E-state index contributed by atoms with van der Waals surface area (Å²) in [6.07, 6.45) is 1.18. The third-order valence-corrected chi connectivity index (χ3v) is 5.43. The number of anilines is 1. The number of hydrogen-bond donors (Lipinski definition) is 0. The molecule has 2 aromatic carbocycles. The van der Waals surface area contributed by atoms with Gasteiger partial charge in [-0.15, -0.1) is 0 Å². The van der Waals surface area contributed by atoms with Crippen LogP contribution < -0.4 is 9.64 Å². The van der Waals surface area contributed by atoms with Gasteiger partial charge in [0.05, 0.1) is 17.1 Å². The zero-order valence-corrected chi connectivity index (χ0v) is 17.1. The molecular weight excluding hydrogens is 360 g/mol. The normalized spacial score (nSPS) is 15.1. The van der Waals surface area contributed by atoms with Gasteiger partial charge in [0, 0.05) is 36.4 Å². The highest BCUT2D eigenvalue weighted by Crippen LogP contribution is 2.29. The van der Waals surface area contributed by atoms with Crippen LogP contribution in [-0.4, -0.2) is 43.1 Å². The molecule has 1 aliphatic heterocycles. The Morgan fingerprint density at radius 3 is 2.66 bits per heavy atom. The summed E-state index contributed by atoms with van der Waals surface area (Å²) in [5.41, 5.74) is 5.05. The lowest BCUT2D eigenvalue weighted by Gasteiger charge is -2.25. The summed E-state index contributed by atoms with van der Waals surface area (Å²) in [5, 5.41) is 10.1. The SMILES string of the molecule is Cc1cc(N2CCCN(C)CC2)c2ccc(COc3ccc(C#N)cc3)cc2n1. The Kier molecular flexibility index (Phi) is 5.64. The first kappa shape index (κ1) is 19.2. The molecule has 29 heavy (non-hydrogen) atoms. The highest BCUT2D eigenvalue weighted by molar-refractivity contribution is 5.92. The molecule has 5 heteroatoms. The molecule has 0 N–H and O–H groups in total. The van der Waals surface area contributed by atoms with Crippen molar-refractivity contribution in [2.75, 3.05) is 38.1 Å². The maximum Gasteiger partial charge on any atom is 0.119 e. The van der Waals surface area contributed by atoms with Gasteiger partial charge in [0.1, 0.15) is 12.4 Å². The zero-order chi connectivity index (χ0) is 20.2. The van der Waals surface area contributed by atoms with Crippen molar-refractivity contribution in [1.82, 2.24) is 9.88 Å². The van der Waals surface area contributed by atoms with Crippen LogP contribution in [0.25, 0.3) is 10.9 Å². The van der Waals surface area contributed by atoms with Gasteiger partial charge in [-0.05, 0) is 68.9 Å². The predicted molar refractivity (Wildman–Crippen MR) is 116 cm³/mol. The summed E-state index contributed by atoms with van der Waals surface area (Å²) < 4.78 is 5.89. The van der Waals surface area contributed by atoms with E-state index in [1.54, 1.807) is 12.1 Å². The van der Waals surface area contributed by atoms with Gasteiger partial charge in [-0.1, -0.05) is 12.1 Å². The molecule has 0 saturated carbocycles. The van der Waals surface area contributed by atoms with Crippen molar-refractivity contribution in [3.05, 3.63) is 65.4 Å². The number of nitriles is 1. The van der Waals surface area contributed by atoms with Gasteiger partial charge in [-0.3, -0.25) is 4.98 Å². The lowest BCUT2D eigenvalue weighted by molar-refractivity contribution is 0.306. The number of ether oxygens (including phenoxy) is 1. The Morgan fingerprint density at radius 2 is 1.86 bits per heavy atom. The number of aryl methyl sites for hydroxylation is 1. The van der Waals surface area contributed by atoms with E-state index in [4.69, 9.17) is 15.0 Å². The number of nitrogens with zero attached hydrogens (tertiary/aromatic N) is 4. The van der Waals surface area contributed by atoms with E-state index in [9.17, 15) is 0 Å². The summed E-state index contributed by atoms with van der Waals surface area (Å²) in [4.78, 5) is 9.67. The van der Waals surface area contributed by atoms with Crippen molar-refractivity contribution in [3.8, 4) is 11.8 Å². The van der Waals surface area contributed by atoms with E-state index in [0.29, 0.717) is 12.2 Å². The molecule has 2 heterocycles. The minimum atomic E-state index is 0.474. The van der Waals surface area contributed by atoms with E-state index in [0.717, 1.165) is 48.7 Å². The Bertz CT molecular complexity index is 1040. The molecular formula is C24H26N4O. The van der Waals surface area contributed by atoms with Crippen molar-refractivity contribution >= 4 is 16.6 Å². The van der Waals surface area contributed by atoms with Crippen molar-refractivity contribution in [1.29, 1.82) is 5.26 Å². The Balaban J connectivity index is 1.56. The van der Waals surface area contributed by atoms with Gasteiger partial charge in [0.15, 0.2) is 0 Å². The molecule has 1 aromatic heterocycles. The van der Waals surface area contributed by atoms with E-state index < -0.39 is 0 Å². The highest BCUT2D eigenvalue weighted by Gasteiger charge is 2.16. The first-order valence-corrected chi connectivity index (χ1v) is 10.1. The molecule has 5 nitrogen and oxygen atoms in total. The van der Waals surface area contributed by atoms with Gasteiger partial charge < -0.3 is 14.5 Å². The van der Waals surface area contributed by atoms with Crippen LogP contribution >= 0.6 is 0 Å². The fraction of sp³-hybridized carbons (Fsp3) is 0.333. The second-order valence-electron chi connectivity index (χ2n) is 7.70. The molecule has 0 atom stereocenters. The monoisotopic (exact) mass is 386 g/mol. The summed E-state index contributed by atoms with van der Waals surface area (Å²) in [5.74, 6) is 0.760. The van der Waals surface area contributed by atoms with Gasteiger partial charge in [-0.2, -0.15) is 5.26 Å². The summed E-state index contributed by atoms with van der Waals surface area (Å²) >= 11 is 0. The van der Waals surface area contributed by atoms with Gasteiger partial charge in [0.2, 0.25) is 0 Å². The zero-order valence-electron chi connectivity index (χ0n) is 17.1. The molecule has 0 spiro atoms. The van der Waals surface area contributed by atoms with Crippen molar-refractivity contribution in [3.63, 3.8) is 0 Å². The maximum atomic E-state index is 8.90. The van der Waals surface area contributed by atoms with Gasteiger partial charge >= 0.3 is 0 Å². The number of benzene rings is 2. The number of pyridine rings is 1. The average Bonchev–Trinajstić information content (AvgIpc) is 2.96. The highest BCUT2D eigenvalue weighted by atomic mass is 16.5. The van der Waals surface area contributed by atoms with Crippen LogP contribution in [0.1, 0.15) is 23.2 Å². The van der Waals surface area contributed by atoms with Crippen molar-refractivity contribution in [2.45, 2.75) is 20.0 Å². The fourth-order valence-corrected chi connectivity index (χ4v) is 3.82. The van der Waals surface area contributed by atoms with E-state index in [2.05, 4.69) is 54.1 Å². The van der Waals surface area contributed by atoms with Crippen molar-refractivity contribution < 1.29 is 4.74 Å². The maximum absolute atomic E-state index is 8.90. The van der Waals surface area contributed by atoms with E-state index in [1.165, 1.54) is 17.5 Å². The van der Waals surface area contributed by atoms with Crippen LogP contribution in [0.4, 0.5) is 5.69 Å². The number of fused-ring (bicyclic) bond motifs is 1. The fourth-order valence-electron chi connectivity index (χ4n) is 3.82.